The monoisotopic (exact) mass is 494 g/mol. The van der Waals surface area contributed by atoms with E-state index in [9.17, 15) is 9.59 Å². The molecule has 4 N–H and O–H groups in total. The van der Waals surface area contributed by atoms with Crippen LogP contribution in [0.3, 0.4) is 0 Å². The van der Waals surface area contributed by atoms with Gasteiger partial charge in [-0.3, -0.25) is 14.7 Å². The van der Waals surface area contributed by atoms with Crippen molar-refractivity contribution in [2.24, 2.45) is 0 Å². The SMILES string of the molecule is C[C@H]1CN(c2ccc(C(=O)Nc3n[nH]c4ccc(C(=O)NC5(c6ccccc6)CC5)cc34)cc2)CCN1. The van der Waals surface area contributed by atoms with Crippen LogP contribution in [0.25, 0.3) is 10.9 Å². The summed E-state index contributed by atoms with van der Waals surface area (Å²) in [6.07, 6.45) is 1.84. The number of nitrogens with zero attached hydrogens (tertiary/aromatic N) is 2. The summed E-state index contributed by atoms with van der Waals surface area (Å²) in [5.74, 6) is 0.0166. The summed E-state index contributed by atoms with van der Waals surface area (Å²) in [4.78, 5) is 28.5. The molecule has 1 aromatic heterocycles. The van der Waals surface area contributed by atoms with Crippen LogP contribution in [0.4, 0.5) is 11.5 Å². The van der Waals surface area contributed by atoms with Crippen LogP contribution in [-0.2, 0) is 5.54 Å². The zero-order chi connectivity index (χ0) is 25.4. The lowest BCUT2D eigenvalue weighted by atomic mass is 10.0. The van der Waals surface area contributed by atoms with Gasteiger partial charge in [-0.2, -0.15) is 5.10 Å². The molecule has 6 rings (SSSR count). The van der Waals surface area contributed by atoms with Crippen molar-refractivity contribution in [1.29, 1.82) is 0 Å². The predicted molar refractivity (Wildman–Crippen MR) is 145 cm³/mol. The van der Waals surface area contributed by atoms with Gasteiger partial charge in [0.15, 0.2) is 5.82 Å². The van der Waals surface area contributed by atoms with E-state index in [0.717, 1.165) is 49.2 Å². The summed E-state index contributed by atoms with van der Waals surface area (Å²) in [6.45, 7) is 5.00. The van der Waals surface area contributed by atoms with Gasteiger partial charge in [0.2, 0.25) is 0 Å². The van der Waals surface area contributed by atoms with E-state index in [1.165, 1.54) is 0 Å². The second-order valence-corrected chi connectivity index (χ2v) is 10.0. The first kappa shape index (κ1) is 23.2. The van der Waals surface area contributed by atoms with E-state index in [-0.39, 0.29) is 17.4 Å². The molecular formula is C29H30N6O2. The number of carbonyl (C=O) groups excluding carboxylic acids is 2. The smallest absolute Gasteiger partial charge is 0.256 e. The van der Waals surface area contributed by atoms with Gasteiger partial charge in [-0.15, -0.1) is 0 Å². The molecule has 4 aromatic rings. The van der Waals surface area contributed by atoms with E-state index in [0.29, 0.717) is 28.4 Å². The molecule has 1 aliphatic carbocycles. The molecule has 0 spiro atoms. The minimum atomic E-state index is -0.296. The molecule has 0 bridgehead atoms. The van der Waals surface area contributed by atoms with Crippen LogP contribution in [-0.4, -0.2) is 47.7 Å². The number of fused-ring (bicyclic) bond motifs is 1. The van der Waals surface area contributed by atoms with Crippen LogP contribution in [0.15, 0.2) is 72.8 Å². The molecule has 1 aliphatic heterocycles. The molecule has 37 heavy (non-hydrogen) atoms. The summed E-state index contributed by atoms with van der Waals surface area (Å²) in [5, 5.41) is 17.5. The Kier molecular flexibility index (Phi) is 5.88. The fourth-order valence-electron chi connectivity index (χ4n) is 5.08. The molecule has 3 aromatic carbocycles. The van der Waals surface area contributed by atoms with Crippen LogP contribution in [0.1, 0.15) is 46.0 Å². The van der Waals surface area contributed by atoms with Gasteiger partial charge >= 0.3 is 0 Å². The van der Waals surface area contributed by atoms with E-state index in [4.69, 9.17) is 0 Å². The third-order valence-corrected chi connectivity index (χ3v) is 7.35. The van der Waals surface area contributed by atoms with E-state index in [1.54, 1.807) is 12.1 Å². The van der Waals surface area contributed by atoms with E-state index >= 15 is 0 Å². The number of anilines is 2. The summed E-state index contributed by atoms with van der Waals surface area (Å²) >= 11 is 0. The average molecular weight is 495 g/mol. The van der Waals surface area contributed by atoms with Gasteiger partial charge in [0.1, 0.15) is 0 Å². The third-order valence-electron chi connectivity index (χ3n) is 7.35. The molecular weight excluding hydrogens is 464 g/mol. The lowest BCUT2D eigenvalue weighted by Gasteiger charge is -2.33. The highest BCUT2D eigenvalue weighted by atomic mass is 16.2. The van der Waals surface area contributed by atoms with Crippen LogP contribution in [0, 0.1) is 0 Å². The van der Waals surface area contributed by atoms with Crippen LogP contribution in [0.5, 0.6) is 0 Å². The predicted octanol–water partition coefficient (Wildman–Crippen LogP) is 4.03. The Morgan fingerprint density at radius 3 is 2.46 bits per heavy atom. The van der Waals surface area contributed by atoms with E-state index in [2.05, 4.69) is 50.1 Å². The van der Waals surface area contributed by atoms with Crippen molar-refractivity contribution < 1.29 is 9.59 Å². The van der Waals surface area contributed by atoms with Gasteiger partial charge in [-0.05, 0) is 67.8 Å². The van der Waals surface area contributed by atoms with Gasteiger partial charge < -0.3 is 20.9 Å². The van der Waals surface area contributed by atoms with Crippen molar-refractivity contribution in [1.82, 2.24) is 20.8 Å². The molecule has 0 unspecified atom stereocenters. The molecule has 0 radical (unpaired) electrons. The molecule has 2 heterocycles. The number of nitrogens with one attached hydrogen (secondary N) is 4. The molecule has 2 fully saturated rings. The molecule has 1 saturated heterocycles. The number of benzene rings is 3. The fraction of sp³-hybridized carbons (Fsp3) is 0.276. The van der Waals surface area contributed by atoms with Crippen molar-refractivity contribution in [2.75, 3.05) is 29.9 Å². The first-order chi connectivity index (χ1) is 18.0. The highest BCUT2D eigenvalue weighted by molar-refractivity contribution is 6.09. The number of rotatable bonds is 6. The molecule has 8 heteroatoms. The number of hydrogen-bond acceptors (Lipinski definition) is 5. The van der Waals surface area contributed by atoms with Crippen LogP contribution >= 0.6 is 0 Å². The van der Waals surface area contributed by atoms with E-state index in [1.807, 2.05) is 48.5 Å². The largest absolute Gasteiger partial charge is 0.369 e. The average Bonchev–Trinajstić information content (AvgIpc) is 3.61. The maximum atomic E-state index is 13.1. The Balaban J connectivity index is 1.17. The summed E-state index contributed by atoms with van der Waals surface area (Å²) in [6, 6.07) is 23.5. The van der Waals surface area contributed by atoms with Crippen molar-refractivity contribution in [2.45, 2.75) is 31.3 Å². The lowest BCUT2D eigenvalue weighted by molar-refractivity contribution is 0.0930. The number of amides is 2. The van der Waals surface area contributed by atoms with Crippen molar-refractivity contribution >= 4 is 34.2 Å². The van der Waals surface area contributed by atoms with Gasteiger partial charge in [-0.25, -0.2) is 0 Å². The first-order valence-corrected chi connectivity index (χ1v) is 12.8. The first-order valence-electron chi connectivity index (χ1n) is 12.8. The van der Waals surface area contributed by atoms with Crippen molar-refractivity contribution in [3.05, 3.63) is 89.5 Å². The maximum absolute atomic E-state index is 13.1. The van der Waals surface area contributed by atoms with Gasteiger partial charge in [0.05, 0.1) is 11.1 Å². The highest BCUT2D eigenvalue weighted by Gasteiger charge is 2.45. The van der Waals surface area contributed by atoms with Crippen molar-refractivity contribution in [3.63, 3.8) is 0 Å². The number of hydrogen-bond donors (Lipinski definition) is 4. The second-order valence-electron chi connectivity index (χ2n) is 10.0. The molecule has 1 saturated carbocycles. The van der Waals surface area contributed by atoms with E-state index < -0.39 is 0 Å². The zero-order valence-corrected chi connectivity index (χ0v) is 20.8. The van der Waals surface area contributed by atoms with Gasteiger partial charge in [0.25, 0.3) is 11.8 Å². The fourth-order valence-corrected chi connectivity index (χ4v) is 5.08. The van der Waals surface area contributed by atoms with Crippen LogP contribution < -0.4 is 20.9 Å². The normalized spacial score (nSPS) is 18.4. The summed E-state index contributed by atoms with van der Waals surface area (Å²) < 4.78 is 0. The van der Waals surface area contributed by atoms with Gasteiger partial charge in [0, 0.05) is 47.9 Å². The Morgan fingerprint density at radius 1 is 0.973 bits per heavy atom. The quantitative estimate of drug-likeness (QED) is 0.324. The van der Waals surface area contributed by atoms with Crippen LogP contribution in [0.2, 0.25) is 0 Å². The molecule has 2 aliphatic rings. The number of H-pyrrole nitrogens is 1. The number of carbonyl (C=O) groups is 2. The minimum Gasteiger partial charge on any atom is -0.369 e. The Labute approximate surface area is 215 Å². The number of aromatic nitrogens is 2. The summed E-state index contributed by atoms with van der Waals surface area (Å²) in [5.41, 5.74) is 3.76. The zero-order valence-electron chi connectivity index (χ0n) is 20.8. The maximum Gasteiger partial charge on any atom is 0.256 e. The second kappa shape index (κ2) is 9.37. The Hall–Kier alpha value is -4.17. The Morgan fingerprint density at radius 2 is 1.73 bits per heavy atom. The molecule has 188 valence electrons. The number of aromatic amines is 1. The topological polar surface area (TPSA) is 102 Å². The molecule has 2 amide bonds. The third kappa shape index (κ3) is 4.68. The lowest BCUT2D eigenvalue weighted by Crippen LogP contribution is -2.49. The standard InChI is InChI=1S/C29H30N6O2/c1-19-18-35(16-15-30-19)23-10-7-20(8-11-23)27(36)31-26-24-17-21(9-12-25(24)33-34-26)28(37)32-29(13-14-29)22-5-3-2-4-6-22/h2-12,17,19,30H,13-16,18H2,1H3,(H,32,37)(H2,31,33,34,36)/t19-/m0/s1. The van der Waals surface area contributed by atoms with Gasteiger partial charge in [-0.1, -0.05) is 30.3 Å². The molecule has 1 atom stereocenters. The highest BCUT2D eigenvalue weighted by Crippen LogP contribution is 2.45. The minimum absolute atomic E-state index is 0.139. The van der Waals surface area contributed by atoms with Crippen molar-refractivity contribution in [3.8, 4) is 0 Å². The Bertz CT molecular complexity index is 1440. The molecule has 8 nitrogen and oxygen atoms in total. The number of piperazine rings is 1. The summed E-state index contributed by atoms with van der Waals surface area (Å²) in [7, 11) is 0.